The molecule has 2 aromatic rings. The summed E-state index contributed by atoms with van der Waals surface area (Å²) in [6.07, 6.45) is 4.20. The highest BCUT2D eigenvalue weighted by molar-refractivity contribution is 7.09. The van der Waals surface area contributed by atoms with Crippen LogP contribution in [-0.2, 0) is 20.5 Å². The van der Waals surface area contributed by atoms with E-state index in [1.165, 1.54) is 5.56 Å². The molecule has 0 saturated carbocycles. The minimum absolute atomic E-state index is 0.0172. The lowest BCUT2D eigenvalue weighted by Gasteiger charge is -2.41. The number of carbonyl (C=O) groups is 1. The van der Waals surface area contributed by atoms with Gasteiger partial charge in [0.25, 0.3) is 0 Å². The van der Waals surface area contributed by atoms with Crippen molar-refractivity contribution in [1.29, 1.82) is 0 Å². The maximum atomic E-state index is 12.3. The van der Waals surface area contributed by atoms with Crippen LogP contribution in [0.1, 0.15) is 43.9 Å². The van der Waals surface area contributed by atoms with Crippen molar-refractivity contribution in [3.8, 4) is 11.1 Å². The smallest absolute Gasteiger partial charge is 0.231 e. The van der Waals surface area contributed by atoms with E-state index in [4.69, 9.17) is 9.26 Å². The SMILES string of the molecule is Cc1ccc(-c2ccc(CCCCNC(=O)CCN(C)C3CC(C)OC(OP)[C@@H]3O)cc2)c[n+]1O. The van der Waals surface area contributed by atoms with Gasteiger partial charge in [-0.25, -0.2) is 0 Å². The molecule has 9 heteroatoms. The number of aliphatic hydroxyl groups is 1. The molecule has 1 aliphatic heterocycles. The third kappa shape index (κ3) is 7.95. The van der Waals surface area contributed by atoms with E-state index in [1.807, 2.05) is 37.9 Å². The van der Waals surface area contributed by atoms with Gasteiger partial charge in [0, 0.05) is 52.7 Å². The van der Waals surface area contributed by atoms with Crippen molar-refractivity contribution in [2.45, 2.75) is 70.5 Å². The minimum atomic E-state index is -0.756. The Bertz CT molecular complexity index is 959. The number of nitrogens with one attached hydrogen (secondary N) is 1. The standard InChI is InChI=1S/C26H38N3O5P/c1-18-7-10-22(17-29(18)32)21-11-8-20(9-12-21)6-4-5-14-27-24(30)13-15-28(3)23-16-19(2)33-26(34-35)25(23)31/h7-12,17,19,23,25-26,31H,4-6,13-16,35H2,1-3H3,(H-,27,30,32)/p+1/t19?,23?,25-,26?/m1/s1. The van der Waals surface area contributed by atoms with Crippen LogP contribution in [0.4, 0.5) is 0 Å². The van der Waals surface area contributed by atoms with Crippen molar-refractivity contribution in [3.63, 3.8) is 0 Å². The maximum absolute atomic E-state index is 12.3. The Morgan fingerprint density at radius 2 is 1.94 bits per heavy atom. The Hall–Kier alpha value is -2.09. The highest BCUT2D eigenvalue weighted by Crippen LogP contribution is 2.25. The third-order valence-corrected chi connectivity index (χ3v) is 6.90. The maximum Gasteiger partial charge on any atom is 0.231 e. The first-order valence-corrected chi connectivity index (χ1v) is 12.7. The van der Waals surface area contributed by atoms with E-state index < -0.39 is 12.4 Å². The number of hydrogen-bond acceptors (Lipinski definition) is 6. The molecule has 3 rings (SSSR count). The molecule has 8 nitrogen and oxygen atoms in total. The zero-order valence-corrected chi connectivity index (χ0v) is 22.0. The normalized spacial score (nSPS) is 22.3. The molecule has 0 radical (unpaired) electrons. The van der Waals surface area contributed by atoms with Crippen LogP contribution in [0.25, 0.3) is 11.1 Å². The average Bonchev–Trinajstić information content (AvgIpc) is 2.85. The van der Waals surface area contributed by atoms with Crippen LogP contribution in [0.5, 0.6) is 0 Å². The Kier molecular flexibility index (Phi) is 10.4. The van der Waals surface area contributed by atoms with E-state index in [9.17, 15) is 15.1 Å². The second-order valence-electron chi connectivity index (χ2n) is 9.38. The van der Waals surface area contributed by atoms with Gasteiger partial charge in [-0.1, -0.05) is 24.3 Å². The number of hydrogen-bond donors (Lipinski definition) is 3. The monoisotopic (exact) mass is 504 g/mol. The molecular formula is C26H39N3O5P+. The van der Waals surface area contributed by atoms with Gasteiger partial charge in [0.1, 0.15) is 6.10 Å². The molecule has 1 aromatic carbocycles. The predicted molar refractivity (Wildman–Crippen MR) is 137 cm³/mol. The first-order valence-electron chi connectivity index (χ1n) is 12.3. The summed E-state index contributed by atoms with van der Waals surface area (Å²) in [5, 5.41) is 23.3. The van der Waals surface area contributed by atoms with Crippen LogP contribution < -0.4 is 10.0 Å². The number of pyridine rings is 1. The van der Waals surface area contributed by atoms with E-state index in [2.05, 4.69) is 39.0 Å². The molecule has 3 N–H and O–H groups in total. The van der Waals surface area contributed by atoms with Crippen LogP contribution >= 0.6 is 9.47 Å². The van der Waals surface area contributed by atoms with Gasteiger partial charge >= 0.3 is 0 Å². The summed E-state index contributed by atoms with van der Waals surface area (Å²) >= 11 is 0. The number of nitrogens with zero attached hydrogens (tertiary/aromatic N) is 2. The van der Waals surface area contributed by atoms with Crippen LogP contribution in [0.15, 0.2) is 42.6 Å². The molecule has 1 aliphatic rings. The summed E-state index contributed by atoms with van der Waals surface area (Å²) < 4.78 is 11.9. The number of carbonyl (C=O) groups excluding carboxylic acids is 1. The second kappa shape index (κ2) is 13.3. The number of aliphatic hydroxyl groups excluding tert-OH is 1. The van der Waals surface area contributed by atoms with Gasteiger partial charge in [0.2, 0.25) is 17.8 Å². The number of amides is 1. The number of benzene rings is 1. The van der Waals surface area contributed by atoms with E-state index in [-0.39, 0.29) is 18.1 Å². The summed E-state index contributed by atoms with van der Waals surface area (Å²) in [6, 6.07) is 12.1. The van der Waals surface area contributed by atoms with E-state index >= 15 is 0 Å². The lowest BCUT2D eigenvalue weighted by Crippen LogP contribution is -2.54. The van der Waals surface area contributed by atoms with Crippen LogP contribution in [0.3, 0.4) is 0 Å². The molecule has 192 valence electrons. The molecule has 35 heavy (non-hydrogen) atoms. The topological polar surface area (TPSA) is 95.1 Å². The summed E-state index contributed by atoms with van der Waals surface area (Å²) in [4.78, 5) is 14.3. The fourth-order valence-electron chi connectivity index (χ4n) is 4.39. The molecule has 0 aliphatic carbocycles. The van der Waals surface area contributed by atoms with Gasteiger partial charge in [-0.3, -0.25) is 10.0 Å². The summed E-state index contributed by atoms with van der Waals surface area (Å²) in [5.41, 5.74) is 4.07. The fourth-order valence-corrected chi connectivity index (χ4v) is 4.62. The van der Waals surface area contributed by atoms with Crippen molar-refractivity contribution in [2.24, 2.45) is 0 Å². The van der Waals surface area contributed by atoms with Crippen molar-refractivity contribution in [3.05, 3.63) is 53.9 Å². The van der Waals surface area contributed by atoms with Gasteiger partial charge in [0.15, 0.2) is 6.29 Å². The first kappa shape index (κ1) is 27.5. The third-order valence-electron chi connectivity index (χ3n) is 6.63. The van der Waals surface area contributed by atoms with E-state index in [1.54, 1.807) is 6.20 Å². The zero-order chi connectivity index (χ0) is 25.4. The van der Waals surface area contributed by atoms with Gasteiger partial charge in [-0.15, -0.1) is 0 Å². The predicted octanol–water partition coefficient (Wildman–Crippen LogP) is 2.62. The molecule has 0 bridgehead atoms. The second-order valence-corrected chi connectivity index (χ2v) is 9.66. The molecule has 1 aromatic heterocycles. The average molecular weight is 505 g/mol. The van der Waals surface area contributed by atoms with E-state index in [0.717, 1.165) is 40.8 Å². The summed E-state index contributed by atoms with van der Waals surface area (Å²) in [7, 11) is 4.07. The van der Waals surface area contributed by atoms with Crippen LogP contribution in [0, 0.1) is 6.92 Å². The number of aromatic nitrogens is 1. The van der Waals surface area contributed by atoms with Crippen LogP contribution in [0.2, 0.25) is 0 Å². The van der Waals surface area contributed by atoms with Gasteiger partial charge < -0.3 is 24.6 Å². The summed E-state index contributed by atoms with van der Waals surface area (Å²) in [5.74, 6) is 0.0221. The highest BCUT2D eigenvalue weighted by Gasteiger charge is 2.38. The Balaban J connectivity index is 1.33. The molecule has 0 spiro atoms. The first-order chi connectivity index (χ1) is 16.8. The minimum Gasteiger partial charge on any atom is -0.386 e. The van der Waals surface area contributed by atoms with Gasteiger partial charge in [0.05, 0.1) is 11.7 Å². The van der Waals surface area contributed by atoms with Crippen LogP contribution in [-0.4, -0.2) is 65.8 Å². The summed E-state index contributed by atoms with van der Waals surface area (Å²) in [6.45, 7) is 5.02. The number of aryl methyl sites for hydroxylation is 2. The Morgan fingerprint density at radius 1 is 1.23 bits per heavy atom. The molecule has 1 fully saturated rings. The molecule has 2 heterocycles. The van der Waals surface area contributed by atoms with Crippen molar-refractivity contribution < 1.29 is 29.1 Å². The molecule has 4 unspecified atom stereocenters. The van der Waals surface area contributed by atoms with Gasteiger partial charge in [-0.05, 0) is 56.8 Å². The van der Waals surface area contributed by atoms with E-state index in [0.29, 0.717) is 25.9 Å². The number of ether oxygens (including phenoxy) is 1. The highest BCUT2D eigenvalue weighted by atomic mass is 31.0. The van der Waals surface area contributed by atoms with Crippen molar-refractivity contribution >= 4 is 15.4 Å². The Labute approximate surface area is 210 Å². The van der Waals surface area contributed by atoms with Gasteiger partial charge in [-0.2, -0.15) is 0 Å². The zero-order valence-electron chi connectivity index (χ0n) is 20.9. The van der Waals surface area contributed by atoms with Crippen molar-refractivity contribution in [1.82, 2.24) is 10.2 Å². The number of unbranched alkanes of at least 4 members (excludes halogenated alkanes) is 1. The number of likely N-dealkylation sites (N-methyl/N-ethyl adjacent to an activating group) is 1. The number of rotatable bonds is 11. The largest absolute Gasteiger partial charge is 0.386 e. The molecule has 1 saturated heterocycles. The lowest BCUT2D eigenvalue weighted by molar-refractivity contribution is -0.908. The molecule has 1 amide bonds. The quantitative estimate of drug-likeness (QED) is 0.189. The fraction of sp³-hybridized carbons (Fsp3) is 0.538. The van der Waals surface area contributed by atoms with Crippen molar-refractivity contribution in [2.75, 3.05) is 20.1 Å². The molecule has 5 atom stereocenters. The lowest BCUT2D eigenvalue weighted by atomic mass is 9.99. The Morgan fingerprint density at radius 3 is 2.63 bits per heavy atom. The molecular weight excluding hydrogens is 465 g/mol.